The Labute approximate surface area is 109 Å². The molecule has 104 valence electrons. The summed E-state index contributed by atoms with van der Waals surface area (Å²) in [7, 11) is 1.58. The van der Waals surface area contributed by atoms with E-state index >= 15 is 0 Å². The maximum absolute atomic E-state index is 11.9. The minimum absolute atomic E-state index is 0.0726. The highest BCUT2D eigenvalue weighted by atomic mass is 16.4. The second-order valence-electron chi connectivity index (χ2n) is 4.95. The van der Waals surface area contributed by atoms with E-state index in [2.05, 4.69) is 5.32 Å². The van der Waals surface area contributed by atoms with E-state index in [9.17, 15) is 9.59 Å². The SMILES string of the molecule is CCC(C(=O)O)N(C)C(=O)CCC1CCCCN1. The Morgan fingerprint density at radius 3 is 2.67 bits per heavy atom. The van der Waals surface area contributed by atoms with Gasteiger partial charge in [0, 0.05) is 19.5 Å². The van der Waals surface area contributed by atoms with Gasteiger partial charge in [0.15, 0.2) is 0 Å². The van der Waals surface area contributed by atoms with Crippen LogP contribution in [0.5, 0.6) is 0 Å². The normalized spacial score (nSPS) is 21.3. The van der Waals surface area contributed by atoms with Gasteiger partial charge < -0.3 is 15.3 Å². The summed E-state index contributed by atoms with van der Waals surface area (Å²) in [6, 6.07) is -0.280. The van der Waals surface area contributed by atoms with Crippen molar-refractivity contribution < 1.29 is 14.7 Å². The zero-order valence-electron chi connectivity index (χ0n) is 11.3. The third kappa shape index (κ3) is 4.29. The van der Waals surface area contributed by atoms with Crippen LogP contribution in [-0.4, -0.2) is 47.6 Å². The second-order valence-corrected chi connectivity index (χ2v) is 4.95. The summed E-state index contributed by atoms with van der Waals surface area (Å²) in [5, 5.41) is 12.4. The molecule has 2 N–H and O–H groups in total. The zero-order valence-corrected chi connectivity index (χ0v) is 11.3. The number of nitrogens with zero attached hydrogens (tertiary/aromatic N) is 1. The molecule has 1 aliphatic rings. The Balaban J connectivity index is 2.36. The summed E-state index contributed by atoms with van der Waals surface area (Å²) in [5.74, 6) is -0.999. The van der Waals surface area contributed by atoms with Crippen molar-refractivity contribution in [2.24, 2.45) is 0 Å². The van der Waals surface area contributed by atoms with Gasteiger partial charge in [0.05, 0.1) is 0 Å². The number of piperidine rings is 1. The fraction of sp³-hybridized carbons (Fsp3) is 0.846. The summed E-state index contributed by atoms with van der Waals surface area (Å²) < 4.78 is 0. The molecule has 0 aromatic carbocycles. The second kappa shape index (κ2) is 7.36. The van der Waals surface area contributed by atoms with Crippen molar-refractivity contribution >= 4 is 11.9 Å². The molecule has 0 aromatic heterocycles. The van der Waals surface area contributed by atoms with Gasteiger partial charge in [-0.3, -0.25) is 4.79 Å². The quantitative estimate of drug-likeness (QED) is 0.750. The van der Waals surface area contributed by atoms with Crippen molar-refractivity contribution in [3.8, 4) is 0 Å². The smallest absolute Gasteiger partial charge is 0.326 e. The summed E-state index contributed by atoms with van der Waals surface area (Å²) in [6.07, 6.45) is 5.22. The number of carbonyl (C=O) groups is 2. The third-order valence-electron chi connectivity index (χ3n) is 3.65. The van der Waals surface area contributed by atoms with Crippen LogP contribution in [0.1, 0.15) is 45.4 Å². The predicted octanol–water partition coefficient (Wildman–Crippen LogP) is 1.23. The maximum Gasteiger partial charge on any atom is 0.326 e. The third-order valence-corrected chi connectivity index (χ3v) is 3.65. The van der Waals surface area contributed by atoms with Crippen LogP contribution in [0.3, 0.4) is 0 Å². The monoisotopic (exact) mass is 256 g/mol. The van der Waals surface area contributed by atoms with Crippen LogP contribution in [0.25, 0.3) is 0 Å². The van der Waals surface area contributed by atoms with Gasteiger partial charge in [-0.15, -0.1) is 0 Å². The van der Waals surface area contributed by atoms with Crippen molar-refractivity contribution in [3.63, 3.8) is 0 Å². The Hall–Kier alpha value is -1.10. The van der Waals surface area contributed by atoms with Gasteiger partial charge in [-0.2, -0.15) is 0 Å². The molecule has 1 aliphatic heterocycles. The highest BCUT2D eigenvalue weighted by Crippen LogP contribution is 2.13. The van der Waals surface area contributed by atoms with Crippen LogP contribution >= 0.6 is 0 Å². The molecule has 5 heteroatoms. The fourth-order valence-electron chi connectivity index (χ4n) is 2.43. The molecule has 0 radical (unpaired) electrons. The van der Waals surface area contributed by atoms with E-state index < -0.39 is 12.0 Å². The number of nitrogens with one attached hydrogen (secondary N) is 1. The van der Waals surface area contributed by atoms with E-state index in [0.29, 0.717) is 18.9 Å². The van der Waals surface area contributed by atoms with Crippen LogP contribution in [0.4, 0.5) is 0 Å². The number of carboxylic acid groups (broad SMARTS) is 1. The molecule has 0 aromatic rings. The molecule has 1 saturated heterocycles. The number of carboxylic acids is 1. The summed E-state index contributed by atoms with van der Waals surface area (Å²) >= 11 is 0. The largest absolute Gasteiger partial charge is 0.480 e. The molecule has 1 fully saturated rings. The lowest BCUT2D eigenvalue weighted by Gasteiger charge is -2.26. The van der Waals surface area contributed by atoms with E-state index in [1.807, 2.05) is 0 Å². The Morgan fingerprint density at radius 1 is 1.44 bits per heavy atom. The van der Waals surface area contributed by atoms with Crippen molar-refractivity contribution in [1.29, 1.82) is 0 Å². The Bertz CT molecular complexity index is 288. The van der Waals surface area contributed by atoms with Crippen molar-refractivity contribution in [2.75, 3.05) is 13.6 Å². The first-order chi connectivity index (χ1) is 8.56. The van der Waals surface area contributed by atoms with Gasteiger partial charge in [-0.25, -0.2) is 4.79 Å². The number of amides is 1. The lowest BCUT2D eigenvalue weighted by atomic mass is 10.00. The van der Waals surface area contributed by atoms with Gasteiger partial charge in [0.1, 0.15) is 6.04 Å². The predicted molar refractivity (Wildman–Crippen MR) is 69.4 cm³/mol. The van der Waals surface area contributed by atoms with E-state index in [1.165, 1.54) is 17.7 Å². The summed E-state index contributed by atoms with van der Waals surface area (Å²) in [6.45, 7) is 2.81. The Kier molecular flexibility index (Phi) is 6.12. The number of likely N-dealkylation sites (N-methyl/N-ethyl adjacent to an activating group) is 1. The minimum atomic E-state index is -0.927. The molecule has 0 bridgehead atoms. The molecular weight excluding hydrogens is 232 g/mol. The first-order valence-electron chi connectivity index (χ1n) is 6.78. The molecule has 1 rings (SSSR count). The molecule has 2 unspecified atom stereocenters. The van der Waals surface area contributed by atoms with Gasteiger partial charge >= 0.3 is 5.97 Å². The molecule has 5 nitrogen and oxygen atoms in total. The highest BCUT2D eigenvalue weighted by Gasteiger charge is 2.25. The molecule has 1 amide bonds. The van der Waals surface area contributed by atoms with Crippen molar-refractivity contribution in [2.45, 2.75) is 57.5 Å². The number of hydrogen-bond acceptors (Lipinski definition) is 3. The van der Waals surface area contributed by atoms with Crippen molar-refractivity contribution in [1.82, 2.24) is 10.2 Å². The highest BCUT2D eigenvalue weighted by molar-refractivity contribution is 5.83. The summed E-state index contributed by atoms with van der Waals surface area (Å²) in [4.78, 5) is 24.3. The maximum atomic E-state index is 11.9. The molecule has 1 heterocycles. The minimum Gasteiger partial charge on any atom is -0.480 e. The van der Waals surface area contributed by atoms with E-state index in [1.54, 1.807) is 14.0 Å². The van der Waals surface area contributed by atoms with E-state index in [-0.39, 0.29) is 5.91 Å². The lowest BCUT2D eigenvalue weighted by Crippen LogP contribution is -2.42. The first kappa shape index (κ1) is 15.0. The zero-order chi connectivity index (χ0) is 13.5. The van der Waals surface area contributed by atoms with Crippen LogP contribution in [0.15, 0.2) is 0 Å². The average Bonchev–Trinajstić information content (AvgIpc) is 2.37. The molecule has 18 heavy (non-hydrogen) atoms. The van der Waals surface area contributed by atoms with Crippen LogP contribution < -0.4 is 5.32 Å². The number of aliphatic carboxylic acids is 1. The van der Waals surface area contributed by atoms with Gasteiger partial charge in [-0.05, 0) is 32.2 Å². The van der Waals surface area contributed by atoms with Gasteiger partial charge in [-0.1, -0.05) is 13.3 Å². The number of hydrogen-bond donors (Lipinski definition) is 2. The first-order valence-corrected chi connectivity index (χ1v) is 6.78. The van der Waals surface area contributed by atoms with Gasteiger partial charge in [0.25, 0.3) is 0 Å². The van der Waals surface area contributed by atoms with E-state index in [4.69, 9.17) is 5.11 Å². The molecule has 0 aliphatic carbocycles. The molecule has 2 atom stereocenters. The van der Waals surface area contributed by atoms with Crippen LogP contribution in [0.2, 0.25) is 0 Å². The number of carbonyl (C=O) groups excluding carboxylic acids is 1. The van der Waals surface area contributed by atoms with Gasteiger partial charge in [0.2, 0.25) is 5.91 Å². The van der Waals surface area contributed by atoms with E-state index in [0.717, 1.165) is 19.4 Å². The lowest BCUT2D eigenvalue weighted by molar-refractivity contribution is -0.149. The fourth-order valence-corrected chi connectivity index (χ4v) is 2.43. The molecular formula is C13H24N2O3. The van der Waals surface area contributed by atoms with Crippen molar-refractivity contribution in [3.05, 3.63) is 0 Å². The standard InChI is InChI=1S/C13H24N2O3/c1-3-11(13(17)18)15(2)12(16)8-7-10-6-4-5-9-14-10/h10-11,14H,3-9H2,1-2H3,(H,17,18). The summed E-state index contributed by atoms with van der Waals surface area (Å²) in [5.41, 5.74) is 0. The number of rotatable bonds is 6. The van der Waals surface area contributed by atoms with Crippen LogP contribution in [-0.2, 0) is 9.59 Å². The topological polar surface area (TPSA) is 69.6 Å². The molecule has 0 spiro atoms. The Morgan fingerprint density at radius 2 is 2.17 bits per heavy atom. The average molecular weight is 256 g/mol. The molecule has 0 saturated carbocycles. The van der Waals surface area contributed by atoms with Crippen LogP contribution in [0, 0.1) is 0 Å².